The summed E-state index contributed by atoms with van der Waals surface area (Å²) in [5.74, 6) is 0. The maximum atomic E-state index is 11.1. The Hall–Kier alpha value is -1.39. The van der Waals surface area contributed by atoms with Crippen molar-refractivity contribution in [3.8, 4) is 0 Å². The Morgan fingerprint density at radius 2 is 1.14 bits per heavy atom. The van der Waals surface area contributed by atoms with Crippen LogP contribution < -0.4 is 0 Å². The maximum absolute atomic E-state index is 11.1. The lowest BCUT2D eigenvalue weighted by Gasteiger charge is -2.27. The molecule has 29 heavy (non-hydrogen) atoms. The summed E-state index contributed by atoms with van der Waals surface area (Å²) in [6, 6.07) is 11.5. The van der Waals surface area contributed by atoms with Gasteiger partial charge < -0.3 is 10.2 Å². The summed E-state index contributed by atoms with van der Waals surface area (Å²) in [7, 11) is 1.72. The smallest absolute Gasteiger partial charge is 0.0911 e. The largest absolute Gasteiger partial charge is 0.385 e. The zero-order chi connectivity index (χ0) is 20.6. The number of benzene rings is 2. The van der Waals surface area contributed by atoms with E-state index in [1.807, 2.05) is 36.4 Å². The Bertz CT molecular complexity index is 868. The van der Waals surface area contributed by atoms with E-state index < -0.39 is 11.2 Å². The highest BCUT2D eigenvalue weighted by Crippen LogP contribution is 2.45. The molecule has 2 aliphatic carbocycles. The summed E-state index contributed by atoms with van der Waals surface area (Å²) in [5, 5.41) is 23.2. The van der Waals surface area contributed by atoms with Crippen molar-refractivity contribution in [1.29, 1.82) is 0 Å². The van der Waals surface area contributed by atoms with E-state index in [1.54, 1.807) is 7.05 Å². The number of hydrogen-bond acceptors (Lipinski definition) is 3. The van der Waals surface area contributed by atoms with Crippen molar-refractivity contribution < 1.29 is 10.2 Å². The molecule has 2 fully saturated rings. The van der Waals surface area contributed by atoms with E-state index in [-0.39, 0.29) is 0 Å². The van der Waals surface area contributed by atoms with Gasteiger partial charge in [0.25, 0.3) is 0 Å². The molecule has 0 radical (unpaired) electrons. The van der Waals surface area contributed by atoms with Gasteiger partial charge in [-0.15, -0.1) is 0 Å². The number of aliphatic imine (C=N–C) groups is 1. The summed E-state index contributed by atoms with van der Waals surface area (Å²) in [4.78, 5) is 4.52. The Balaban J connectivity index is 1.80. The Morgan fingerprint density at radius 3 is 1.48 bits per heavy atom. The lowest BCUT2D eigenvalue weighted by molar-refractivity contribution is 0.0442. The summed E-state index contributed by atoms with van der Waals surface area (Å²) < 4.78 is 0. The molecular weight excluding hydrogens is 405 g/mol. The fourth-order valence-corrected chi connectivity index (χ4v) is 5.78. The summed E-state index contributed by atoms with van der Waals surface area (Å²) in [6.07, 6.45) is 6.87. The molecule has 2 N–H and O–H groups in total. The molecule has 3 nitrogen and oxygen atoms in total. The molecule has 0 spiro atoms. The normalized spacial score (nSPS) is 20.0. The molecule has 0 aliphatic heterocycles. The molecule has 0 heterocycles. The van der Waals surface area contributed by atoms with Crippen LogP contribution in [0.1, 0.15) is 73.6 Å². The Morgan fingerprint density at radius 1 is 0.759 bits per heavy atom. The van der Waals surface area contributed by atoms with E-state index in [1.165, 1.54) is 0 Å². The average Bonchev–Trinajstić information content (AvgIpc) is 3.34. The fraction of sp³-hybridized carbons (Fsp3) is 0.458. The molecule has 154 valence electrons. The van der Waals surface area contributed by atoms with Crippen molar-refractivity contribution in [2.24, 2.45) is 4.99 Å². The third kappa shape index (κ3) is 3.63. The minimum absolute atomic E-state index is 0.526. The zero-order valence-electron chi connectivity index (χ0n) is 16.7. The molecular formula is C24H27Cl2NO2. The highest BCUT2D eigenvalue weighted by atomic mass is 35.5. The number of halogens is 2. The Labute approximate surface area is 182 Å². The predicted octanol–water partition coefficient (Wildman–Crippen LogP) is 5.98. The van der Waals surface area contributed by atoms with Crippen LogP contribution >= 0.6 is 23.2 Å². The molecule has 0 amide bonds. The van der Waals surface area contributed by atoms with E-state index >= 15 is 0 Å². The standard InChI is InChI=1S/C24H27Cl2NO2/c1-27-22(16-8-6-10-18(20(16)25)23(28)12-2-3-13-23)17-9-7-11-19(21(17)26)24(29)14-4-5-15-24/h6-11,28-29H,2-5,12-15H2,1H3. The molecule has 4 rings (SSSR count). The van der Waals surface area contributed by atoms with Gasteiger partial charge >= 0.3 is 0 Å². The van der Waals surface area contributed by atoms with E-state index in [4.69, 9.17) is 23.2 Å². The summed E-state index contributed by atoms with van der Waals surface area (Å²) in [6.45, 7) is 0. The second kappa shape index (κ2) is 8.03. The molecule has 0 aromatic heterocycles. The van der Waals surface area contributed by atoms with Crippen LogP contribution in [0.2, 0.25) is 10.0 Å². The van der Waals surface area contributed by atoms with Gasteiger partial charge in [-0.05, 0) is 25.7 Å². The highest BCUT2D eigenvalue weighted by molar-refractivity contribution is 6.39. The van der Waals surface area contributed by atoms with Crippen LogP contribution in [0.15, 0.2) is 41.4 Å². The van der Waals surface area contributed by atoms with Crippen LogP contribution in [0.5, 0.6) is 0 Å². The SMILES string of the molecule is CN=C(c1cccc(C2(O)CCCC2)c1Cl)c1cccc(C2(O)CCCC2)c1Cl. The quantitative estimate of drug-likeness (QED) is 0.584. The number of hydrogen-bond donors (Lipinski definition) is 2. The van der Waals surface area contributed by atoms with E-state index in [2.05, 4.69) is 4.99 Å². The predicted molar refractivity (Wildman–Crippen MR) is 119 cm³/mol. The second-order valence-corrected chi connectivity index (χ2v) is 9.14. The van der Waals surface area contributed by atoms with Crippen molar-refractivity contribution in [3.05, 3.63) is 68.7 Å². The van der Waals surface area contributed by atoms with Crippen molar-refractivity contribution >= 4 is 28.9 Å². The average molecular weight is 432 g/mol. The third-order valence-corrected chi connectivity index (χ3v) is 7.41. The van der Waals surface area contributed by atoms with Crippen LogP contribution in [0.4, 0.5) is 0 Å². The van der Waals surface area contributed by atoms with Gasteiger partial charge in [0.1, 0.15) is 0 Å². The van der Waals surface area contributed by atoms with Gasteiger partial charge in [-0.3, -0.25) is 4.99 Å². The van der Waals surface area contributed by atoms with Gasteiger partial charge in [0.05, 0.1) is 27.0 Å². The van der Waals surface area contributed by atoms with Crippen LogP contribution in [0.3, 0.4) is 0 Å². The molecule has 2 saturated carbocycles. The molecule has 2 aliphatic rings. The molecule has 2 aromatic rings. The first-order valence-electron chi connectivity index (χ1n) is 10.4. The first-order valence-corrected chi connectivity index (χ1v) is 11.2. The molecule has 5 heteroatoms. The minimum Gasteiger partial charge on any atom is -0.385 e. The van der Waals surface area contributed by atoms with E-state index in [0.29, 0.717) is 15.8 Å². The summed E-state index contributed by atoms with van der Waals surface area (Å²) >= 11 is 13.6. The van der Waals surface area contributed by atoms with E-state index in [0.717, 1.165) is 73.6 Å². The lowest BCUT2D eigenvalue weighted by atomic mass is 9.87. The highest BCUT2D eigenvalue weighted by Gasteiger charge is 2.37. The monoisotopic (exact) mass is 431 g/mol. The van der Waals surface area contributed by atoms with Gasteiger partial charge in [-0.25, -0.2) is 0 Å². The minimum atomic E-state index is -0.878. The molecule has 0 saturated heterocycles. The van der Waals surface area contributed by atoms with Crippen molar-refractivity contribution in [3.63, 3.8) is 0 Å². The topological polar surface area (TPSA) is 52.8 Å². The van der Waals surface area contributed by atoms with Crippen LogP contribution in [-0.2, 0) is 11.2 Å². The number of aliphatic hydroxyl groups is 2. The van der Waals surface area contributed by atoms with Gasteiger partial charge in [-0.2, -0.15) is 0 Å². The second-order valence-electron chi connectivity index (χ2n) is 8.38. The molecule has 0 bridgehead atoms. The van der Waals surface area contributed by atoms with Gasteiger partial charge in [0.15, 0.2) is 0 Å². The fourth-order valence-electron chi connectivity index (χ4n) is 4.99. The molecule has 0 atom stereocenters. The first kappa shape index (κ1) is 20.9. The first-order chi connectivity index (χ1) is 13.9. The van der Waals surface area contributed by atoms with Crippen molar-refractivity contribution in [2.75, 3.05) is 7.05 Å². The number of rotatable bonds is 4. The maximum Gasteiger partial charge on any atom is 0.0911 e. The lowest BCUT2D eigenvalue weighted by Crippen LogP contribution is -2.23. The van der Waals surface area contributed by atoms with Gasteiger partial charge in [0.2, 0.25) is 0 Å². The third-order valence-electron chi connectivity index (χ3n) is 6.60. The van der Waals surface area contributed by atoms with Gasteiger partial charge in [-0.1, -0.05) is 85.3 Å². The molecule has 0 unspecified atom stereocenters. The van der Waals surface area contributed by atoms with Crippen molar-refractivity contribution in [1.82, 2.24) is 0 Å². The zero-order valence-corrected chi connectivity index (χ0v) is 18.2. The van der Waals surface area contributed by atoms with Crippen molar-refractivity contribution in [2.45, 2.75) is 62.6 Å². The van der Waals surface area contributed by atoms with E-state index in [9.17, 15) is 10.2 Å². The van der Waals surface area contributed by atoms with Gasteiger partial charge in [0, 0.05) is 29.3 Å². The molecule has 2 aromatic carbocycles. The Kier molecular flexibility index (Phi) is 5.78. The number of nitrogens with zero attached hydrogens (tertiary/aromatic N) is 1. The van der Waals surface area contributed by atoms with Crippen LogP contribution in [0, 0.1) is 0 Å². The summed E-state index contributed by atoms with van der Waals surface area (Å²) in [5.41, 5.74) is 1.95. The van der Waals surface area contributed by atoms with Crippen LogP contribution in [-0.4, -0.2) is 23.0 Å². The van der Waals surface area contributed by atoms with Crippen LogP contribution in [0.25, 0.3) is 0 Å².